The second-order valence-electron chi connectivity index (χ2n) is 32.7. The number of nitrogens with one attached hydrogen (secondary N) is 4. The van der Waals surface area contributed by atoms with E-state index in [4.69, 9.17) is 18.9 Å². The molecule has 6 fully saturated rings. The van der Waals surface area contributed by atoms with Crippen LogP contribution in [0.25, 0.3) is 11.3 Å². The fraction of sp³-hybridized carbons (Fsp3) is 0.206. The van der Waals surface area contributed by atoms with E-state index in [2.05, 4.69) is 68.0 Å². The van der Waals surface area contributed by atoms with Crippen molar-refractivity contribution in [2.24, 2.45) is 0 Å². The van der Waals surface area contributed by atoms with Crippen molar-refractivity contribution in [3.05, 3.63) is 360 Å². The third-order valence-electron chi connectivity index (χ3n) is 23.4. The first-order valence-corrected chi connectivity index (χ1v) is 43.6. The van der Waals surface area contributed by atoms with Crippen molar-refractivity contribution in [3.63, 3.8) is 0 Å². The van der Waals surface area contributed by atoms with Crippen LogP contribution in [0.4, 0.5) is 37.1 Å². The average Bonchev–Trinajstić information content (AvgIpc) is 1.75. The lowest BCUT2D eigenvalue weighted by Gasteiger charge is -2.44. The Bertz CT molecular complexity index is 6530. The Hall–Kier alpha value is -17.1. The number of esters is 1. The predicted molar refractivity (Wildman–Crippen MR) is 495 cm³/mol. The van der Waals surface area contributed by atoms with Crippen molar-refractivity contribution in [2.75, 3.05) is 58.9 Å². The topological polar surface area (TPSA) is 423 Å². The molecule has 0 radical (unpaired) electrons. The lowest BCUT2D eigenvalue weighted by Crippen LogP contribution is -2.55. The molecule has 0 aliphatic carbocycles. The average molecular weight is 1820 g/mol. The number of aromatic hydroxyl groups is 5. The number of amides is 8. The highest BCUT2D eigenvalue weighted by molar-refractivity contribution is 6.17. The quantitative estimate of drug-likeness (QED) is 0.0124. The fourth-order valence-corrected chi connectivity index (χ4v) is 17.1. The van der Waals surface area contributed by atoms with Crippen LogP contribution < -0.4 is 40.9 Å². The van der Waals surface area contributed by atoms with Gasteiger partial charge in [-0.15, -0.1) is 0 Å². The number of para-hydroxylation sites is 2. The third-order valence-corrected chi connectivity index (χ3v) is 23.4. The largest absolute Gasteiger partial charge is 0.508 e. The van der Waals surface area contributed by atoms with Crippen LogP contribution in [-0.4, -0.2) is 183 Å². The highest BCUT2D eigenvalue weighted by Gasteiger charge is 2.42. The van der Waals surface area contributed by atoms with Crippen molar-refractivity contribution in [1.82, 2.24) is 49.9 Å². The zero-order chi connectivity index (χ0) is 94.0. The minimum atomic E-state index is -1.05. The summed E-state index contributed by atoms with van der Waals surface area (Å²) < 4.78 is 26.2. The van der Waals surface area contributed by atoms with Crippen molar-refractivity contribution < 1.29 is 92.4 Å². The number of carbonyl (C=O) groups excluding carboxylic acids is 10. The van der Waals surface area contributed by atoms with Gasteiger partial charge in [0.15, 0.2) is 24.1 Å². The molecule has 10 aromatic carbocycles. The number of piperazine rings is 2. The molecule has 0 saturated carbocycles. The maximum absolute atomic E-state index is 12.3. The molecule has 33 heteroatoms. The Morgan fingerprint density at radius 2 is 0.793 bits per heavy atom. The number of cyclic esters (lactones) is 4. The maximum atomic E-state index is 12.3. The summed E-state index contributed by atoms with van der Waals surface area (Å²) in [7, 11) is 0. The Kier molecular flexibility index (Phi) is 28.5. The number of imidazole rings is 3. The molecule has 7 aliphatic rings. The standard InChI is InChI=1S/C21H19N3O4.C21H22N2O4.2C20H17N3O4.C20H19N3O3/c25-16-8-4-7-15(9-16)12-24-13-22-17(10-14-5-2-1-3-6-14)18(24)11-19-20(26)23-21(27)28-19;24-18-8-4-7-16(11-18)23-10-9-22(15-5-2-1-3-6-15)14-17(23)12-20-19(25)13-21(26)27-20;24-15-8-4-5-13(9-15)11-23-12-21-18(14-6-2-1-3-7-14)16(23)10-17-19(25)22-20(26)27-17;24-15-8-4-7-14(9-15)11-23-12-21-16(10-13-5-2-1-3-6-13)17(23)18-19(25)22-20(26)27-18;24-16-8-4-7-15(11-16)23-10-9-22(14-5-2-1-3-6-14)13-18(23)17-12-19(25)21-20(17)26/h1-9,13,19,25H,10-12H2,(H,23,26,27);1-8,11,17,20,24H,9-10,12-14H2;1-9,12,17,24H,10-11H2,(H,22,25,26);1-9,12,18,24H,10-11H2,(H,22,25,26);1-8,11-12,18,24H,9-10,13H2,(H,21,25,26). The van der Waals surface area contributed by atoms with Gasteiger partial charge in [0.1, 0.15) is 35.2 Å². The summed E-state index contributed by atoms with van der Waals surface area (Å²) in [5, 5.41) is 57.6. The van der Waals surface area contributed by atoms with Crippen LogP contribution in [0.3, 0.4) is 0 Å². The van der Waals surface area contributed by atoms with Crippen LogP contribution in [0, 0.1) is 0 Å². The summed E-state index contributed by atoms with van der Waals surface area (Å²) in [6.45, 7) is 5.63. The van der Waals surface area contributed by atoms with Gasteiger partial charge in [-0.3, -0.25) is 54.8 Å². The van der Waals surface area contributed by atoms with Gasteiger partial charge in [-0.1, -0.05) is 176 Å². The van der Waals surface area contributed by atoms with E-state index in [0.717, 1.165) is 98.5 Å². The van der Waals surface area contributed by atoms with Gasteiger partial charge in [-0.05, 0) is 113 Å². The molecule has 7 aliphatic heterocycles. The number of phenolic OH excluding ortho intramolecular Hbond substituents is 5. The Balaban J connectivity index is 0.000000123. The highest BCUT2D eigenvalue weighted by Crippen LogP contribution is 2.36. The van der Waals surface area contributed by atoms with Gasteiger partial charge < -0.3 is 77.8 Å². The molecule has 13 aromatic rings. The van der Waals surface area contributed by atoms with E-state index in [1.165, 1.54) is 6.08 Å². The summed E-state index contributed by atoms with van der Waals surface area (Å²) >= 11 is 0. The van der Waals surface area contributed by atoms with E-state index >= 15 is 0 Å². The van der Waals surface area contributed by atoms with E-state index in [1.54, 1.807) is 108 Å². The van der Waals surface area contributed by atoms with E-state index in [0.29, 0.717) is 75.5 Å². The predicted octanol–water partition coefficient (Wildman–Crippen LogP) is 11.5. The number of ketones is 1. The van der Waals surface area contributed by atoms with Crippen LogP contribution in [0.1, 0.15) is 75.2 Å². The van der Waals surface area contributed by atoms with Gasteiger partial charge in [0.2, 0.25) is 6.10 Å². The Labute approximate surface area is 774 Å². The molecular formula is C102H94N14O19. The van der Waals surface area contributed by atoms with Crippen LogP contribution >= 0.6 is 0 Å². The third kappa shape index (κ3) is 23.2. The number of Topliss-reactive ketones (excluding diaryl/α,β-unsaturated/α-hetero) is 1. The molecule has 0 bridgehead atoms. The molecule has 6 saturated heterocycles. The number of imide groups is 4. The minimum Gasteiger partial charge on any atom is -0.508 e. The molecule has 135 heavy (non-hydrogen) atoms. The summed E-state index contributed by atoms with van der Waals surface area (Å²) in [5.41, 5.74) is 14.4. The summed E-state index contributed by atoms with van der Waals surface area (Å²) in [5.74, 6) is -1.81. The van der Waals surface area contributed by atoms with Crippen LogP contribution in [0.15, 0.2) is 304 Å². The number of nitrogens with zero attached hydrogens (tertiary/aromatic N) is 10. The molecule has 6 atom stereocenters. The van der Waals surface area contributed by atoms with E-state index in [9.17, 15) is 73.5 Å². The molecule has 20 rings (SSSR count). The monoisotopic (exact) mass is 1820 g/mol. The van der Waals surface area contributed by atoms with Crippen molar-refractivity contribution in [2.45, 2.75) is 94.7 Å². The number of hydrogen-bond donors (Lipinski definition) is 9. The molecule has 686 valence electrons. The summed E-state index contributed by atoms with van der Waals surface area (Å²) in [6, 6.07) is 84.0. The number of phenols is 5. The van der Waals surface area contributed by atoms with Crippen LogP contribution in [0.5, 0.6) is 28.7 Å². The van der Waals surface area contributed by atoms with Gasteiger partial charge in [0.25, 0.3) is 29.5 Å². The minimum absolute atomic E-state index is 0.0133. The van der Waals surface area contributed by atoms with Gasteiger partial charge in [0, 0.05) is 154 Å². The second-order valence-corrected chi connectivity index (χ2v) is 32.7. The molecule has 8 amide bonds. The van der Waals surface area contributed by atoms with E-state index < -0.39 is 66.4 Å². The first-order valence-electron chi connectivity index (χ1n) is 43.6. The van der Waals surface area contributed by atoms with Crippen LogP contribution in [0.2, 0.25) is 0 Å². The van der Waals surface area contributed by atoms with Crippen molar-refractivity contribution in [3.8, 4) is 40.0 Å². The van der Waals surface area contributed by atoms with Gasteiger partial charge in [-0.25, -0.2) is 29.3 Å². The van der Waals surface area contributed by atoms with Gasteiger partial charge in [0.05, 0.1) is 53.8 Å². The molecular weight excluding hydrogens is 1730 g/mol. The normalized spacial score (nSPS) is 18.3. The Morgan fingerprint density at radius 1 is 0.370 bits per heavy atom. The number of anilines is 4. The van der Waals surface area contributed by atoms with Crippen molar-refractivity contribution >= 4 is 82.3 Å². The van der Waals surface area contributed by atoms with Crippen molar-refractivity contribution in [1.29, 1.82) is 0 Å². The van der Waals surface area contributed by atoms with Gasteiger partial charge >= 0.3 is 24.2 Å². The smallest absolute Gasteiger partial charge is 0.415 e. The number of benzene rings is 10. The second kappa shape index (κ2) is 42.2. The van der Waals surface area contributed by atoms with Crippen LogP contribution in [-0.2, 0) is 97.8 Å². The van der Waals surface area contributed by atoms with E-state index in [1.807, 2.05) is 185 Å². The first-order chi connectivity index (χ1) is 65.5. The Morgan fingerprint density at radius 3 is 1.27 bits per heavy atom. The summed E-state index contributed by atoms with van der Waals surface area (Å²) in [6.07, 6.45) is 2.57. The summed E-state index contributed by atoms with van der Waals surface area (Å²) in [4.78, 5) is 140. The SMILES string of the molecule is O=C1C=C(C2CN(c3ccccc3)CCN2c2cccc(O)c2)C(=O)N1.O=C1CC(=O)C(CC2CN(c3ccccc3)CCN2c2cccc(O)c2)O1.O=C1NC(=O)C(Cc2c(-c3ccccc3)ncn2Cc2cccc(O)c2)O1.O=C1NC(=O)C(Cc2c(Cc3ccccc3)ncn2Cc2cccc(O)c2)O1.O=C1NC(=O)C(c2c(Cc3ccccc3)ncn2Cc2cccc(O)c2)O1. The number of ether oxygens (including phenoxy) is 4. The first kappa shape index (κ1) is 91.2. The van der Waals surface area contributed by atoms with Gasteiger partial charge in [-0.2, -0.15) is 0 Å². The molecule has 0 spiro atoms. The fourth-order valence-electron chi connectivity index (χ4n) is 17.1. The highest BCUT2D eigenvalue weighted by atomic mass is 16.6. The number of alkyl carbamates (subject to hydrolysis) is 3. The van der Waals surface area contributed by atoms with E-state index in [-0.39, 0.29) is 77.7 Å². The zero-order valence-corrected chi connectivity index (χ0v) is 72.8. The number of hydrogen-bond acceptors (Lipinski definition) is 26. The molecule has 10 heterocycles. The number of aromatic nitrogens is 6. The lowest BCUT2D eigenvalue weighted by molar-refractivity contribution is -0.142. The molecule has 3 aromatic heterocycles. The number of rotatable bonds is 23. The number of carbonyl (C=O) groups is 10. The lowest BCUT2D eigenvalue weighted by atomic mass is 10.0. The molecule has 9 N–H and O–H groups in total. The zero-order valence-electron chi connectivity index (χ0n) is 72.8. The molecule has 6 unspecified atom stereocenters. The maximum Gasteiger partial charge on any atom is 0.415 e. The molecule has 33 nitrogen and oxygen atoms in total.